The third-order valence-corrected chi connectivity index (χ3v) is 4.02. The number of carbonyl (C=O) groups excluding carboxylic acids is 1. The molecule has 0 unspecified atom stereocenters. The van der Waals surface area contributed by atoms with Crippen LogP contribution in [0.2, 0.25) is 0 Å². The van der Waals surface area contributed by atoms with Crippen molar-refractivity contribution in [3.63, 3.8) is 0 Å². The largest absolute Gasteiger partial charge is 0.497 e. The van der Waals surface area contributed by atoms with Gasteiger partial charge in [0.1, 0.15) is 5.75 Å². The highest BCUT2D eigenvalue weighted by molar-refractivity contribution is 5.84. The van der Waals surface area contributed by atoms with E-state index in [1.165, 1.54) is 0 Å². The van der Waals surface area contributed by atoms with Crippen LogP contribution in [0.3, 0.4) is 0 Å². The Hall–Kier alpha value is -2.04. The first kappa shape index (κ1) is 15.4. The summed E-state index contributed by atoms with van der Waals surface area (Å²) < 4.78 is 5.14. The van der Waals surface area contributed by atoms with E-state index in [1.54, 1.807) is 7.11 Å². The standard InChI is InChI=1S/C16H21NO4/c1-21-12-6-4-5-11(9-12)10-17-15(18)13-7-2-3-8-14(13)16(19)20/h4-6,9,13-14H,2-3,7-8,10H2,1H3,(H,17,18)(H,19,20)/t13-,14+/m1/s1. The fourth-order valence-corrected chi connectivity index (χ4v) is 2.84. The molecular formula is C16H21NO4. The van der Waals surface area contributed by atoms with Gasteiger partial charge in [-0.3, -0.25) is 9.59 Å². The molecule has 1 aromatic rings. The van der Waals surface area contributed by atoms with E-state index >= 15 is 0 Å². The third-order valence-electron chi connectivity index (χ3n) is 4.02. The van der Waals surface area contributed by atoms with Gasteiger partial charge in [0.2, 0.25) is 5.91 Å². The maximum Gasteiger partial charge on any atom is 0.307 e. The van der Waals surface area contributed by atoms with Gasteiger partial charge in [0.05, 0.1) is 18.9 Å². The van der Waals surface area contributed by atoms with E-state index in [0.29, 0.717) is 19.4 Å². The molecule has 2 N–H and O–H groups in total. The molecule has 0 saturated heterocycles. The number of carbonyl (C=O) groups is 2. The number of amides is 1. The van der Waals surface area contributed by atoms with E-state index in [-0.39, 0.29) is 5.91 Å². The monoisotopic (exact) mass is 291 g/mol. The van der Waals surface area contributed by atoms with Gasteiger partial charge in [0.25, 0.3) is 0 Å². The van der Waals surface area contributed by atoms with Gasteiger partial charge < -0.3 is 15.2 Å². The number of aliphatic carboxylic acids is 1. The predicted molar refractivity (Wildman–Crippen MR) is 77.9 cm³/mol. The summed E-state index contributed by atoms with van der Waals surface area (Å²) >= 11 is 0. The zero-order valence-electron chi connectivity index (χ0n) is 12.2. The molecule has 2 atom stereocenters. The summed E-state index contributed by atoms with van der Waals surface area (Å²) in [6.07, 6.45) is 3.05. The van der Waals surface area contributed by atoms with Gasteiger partial charge >= 0.3 is 5.97 Å². The number of carboxylic acid groups (broad SMARTS) is 1. The quantitative estimate of drug-likeness (QED) is 0.872. The Balaban J connectivity index is 1.95. The maximum absolute atomic E-state index is 12.2. The summed E-state index contributed by atoms with van der Waals surface area (Å²) in [7, 11) is 1.59. The molecule has 0 spiro atoms. The molecule has 1 aromatic carbocycles. The molecule has 5 nitrogen and oxygen atoms in total. The average molecular weight is 291 g/mol. The number of nitrogens with one attached hydrogen (secondary N) is 1. The Morgan fingerprint density at radius 2 is 2.00 bits per heavy atom. The summed E-state index contributed by atoms with van der Waals surface area (Å²) in [5.41, 5.74) is 0.936. The smallest absolute Gasteiger partial charge is 0.307 e. The van der Waals surface area contributed by atoms with Gasteiger partial charge in [0.15, 0.2) is 0 Å². The van der Waals surface area contributed by atoms with Crippen molar-refractivity contribution >= 4 is 11.9 Å². The van der Waals surface area contributed by atoms with Crippen molar-refractivity contribution in [1.29, 1.82) is 0 Å². The van der Waals surface area contributed by atoms with Gasteiger partial charge in [-0.15, -0.1) is 0 Å². The average Bonchev–Trinajstić information content (AvgIpc) is 2.52. The molecule has 21 heavy (non-hydrogen) atoms. The van der Waals surface area contributed by atoms with Crippen LogP contribution in [0.5, 0.6) is 5.75 Å². The van der Waals surface area contributed by atoms with E-state index < -0.39 is 17.8 Å². The normalized spacial score (nSPS) is 21.6. The van der Waals surface area contributed by atoms with Crippen molar-refractivity contribution in [2.24, 2.45) is 11.8 Å². The molecule has 1 amide bonds. The lowest BCUT2D eigenvalue weighted by molar-refractivity contribution is -0.148. The molecule has 1 saturated carbocycles. The summed E-state index contributed by atoms with van der Waals surface area (Å²) in [6, 6.07) is 7.46. The number of hydrogen-bond donors (Lipinski definition) is 2. The Labute approximate surface area is 124 Å². The highest BCUT2D eigenvalue weighted by Gasteiger charge is 2.35. The van der Waals surface area contributed by atoms with E-state index in [4.69, 9.17) is 4.74 Å². The van der Waals surface area contributed by atoms with Crippen LogP contribution >= 0.6 is 0 Å². The maximum atomic E-state index is 12.2. The van der Waals surface area contributed by atoms with Crippen molar-refractivity contribution < 1.29 is 19.4 Å². The number of methoxy groups -OCH3 is 1. The van der Waals surface area contributed by atoms with Crippen LogP contribution in [-0.2, 0) is 16.1 Å². The van der Waals surface area contributed by atoms with E-state index in [1.807, 2.05) is 24.3 Å². The molecule has 1 fully saturated rings. The minimum atomic E-state index is -0.865. The van der Waals surface area contributed by atoms with Crippen molar-refractivity contribution in [3.8, 4) is 5.75 Å². The minimum Gasteiger partial charge on any atom is -0.497 e. The van der Waals surface area contributed by atoms with Crippen LogP contribution in [0, 0.1) is 11.8 Å². The highest BCUT2D eigenvalue weighted by atomic mass is 16.5. The second-order valence-electron chi connectivity index (χ2n) is 5.41. The first-order chi connectivity index (χ1) is 10.1. The predicted octanol–water partition coefficient (Wildman–Crippen LogP) is 2.20. The van der Waals surface area contributed by atoms with Crippen LogP contribution in [-0.4, -0.2) is 24.1 Å². The number of benzene rings is 1. The number of ether oxygens (including phenoxy) is 1. The van der Waals surface area contributed by atoms with Crippen molar-refractivity contribution in [1.82, 2.24) is 5.32 Å². The second-order valence-corrected chi connectivity index (χ2v) is 5.41. The fourth-order valence-electron chi connectivity index (χ4n) is 2.84. The molecular weight excluding hydrogens is 270 g/mol. The fraction of sp³-hybridized carbons (Fsp3) is 0.500. The molecule has 1 aliphatic carbocycles. The van der Waals surface area contributed by atoms with Crippen molar-refractivity contribution in [2.45, 2.75) is 32.2 Å². The zero-order valence-corrected chi connectivity index (χ0v) is 12.2. The van der Waals surface area contributed by atoms with Gasteiger partial charge in [-0.05, 0) is 30.5 Å². The second kappa shape index (κ2) is 7.11. The van der Waals surface area contributed by atoms with E-state index in [2.05, 4.69) is 5.32 Å². The Kier molecular flexibility index (Phi) is 5.20. The summed E-state index contributed by atoms with van der Waals surface area (Å²) in [5.74, 6) is -1.25. The van der Waals surface area contributed by atoms with Gasteiger partial charge in [-0.25, -0.2) is 0 Å². The molecule has 0 heterocycles. The van der Waals surface area contributed by atoms with Gasteiger partial charge in [-0.1, -0.05) is 25.0 Å². The number of rotatable bonds is 5. The molecule has 5 heteroatoms. The van der Waals surface area contributed by atoms with Gasteiger partial charge in [0, 0.05) is 6.54 Å². The lowest BCUT2D eigenvalue weighted by Crippen LogP contribution is -2.39. The van der Waals surface area contributed by atoms with Crippen molar-refractivity contribution in [3.05, 3.63) is 29.8 Å². The highest BCUT2D eigenvalue weighted by Crippen LogP contribution is 2.30. The first-order valence-corrected chi connectivity index (χ1v) is 7.25. The van der Waals surface area contributed by atoms with Crippen LogP contribution in [0.4, 0.5) is 0 Å². The molecule has 2 rings (SSSR count). The Morgan fingerprint density at radius 3 is 2.67 bits per heavy atom. The molecule has 0 aliphatic heterocycles. The molecule has 114 valence electrons. The molecule has 0 radical (unpaired) electrons. The van der Waals surface area contributed by atoms with Gasteiger partial charge in [-0.2, -0.15) is 0 Å². The third kappa shape index (κ3) is 3.97. The minimum absolute atomic E-state index is 0.162. The molecule has 1 aliphatic rings. The topological polar surface area (TPSA) is 75.6 Å². The lowest BCUT2D eigenvalue weighted by Gasteiger charge is -2.27. The van der Waals surface area contributed by atoms with Crippen LogP contribution in [0.1, 0.15) is 31.2 Å². The Bertz CT molecular complexity index is 515. The molecule has 0 aromatic heterocycles. The summed E-state index contributed by atoms with van der Waals surface area (Å²) in [4.78, 5) is 23.5. The lowest BCUT2D eigenvalue weighted by atomic mass is 9.78. The zero-order chi connectivity index (χ0) is 15.2. The van der Waals surface area contributed by atoms with Crippen LogP contribution in [0.25, 0.3) is 0 Å². The van der Waals surface area contributed by atoms with Crippen molar-refractivity contribution in [2.75, 3.05) is 7.11 Å². The van der Waals surface area contributed by atoms with E-state index in [0.717, 1.165) is 24.2 Å². The SMILES string of the molecule is COc1cccc(CNC(=O)[C@@H]2CCCC[C@@H]2C(=O)O)c1. The first-order valence-electron chi connectivity index (χ1n) is 7.25. The Morgan fingerprint density at radius 1 is 1.29 bits per heavy atom. The van der Waals surface area contributed by atoms with Crippen LogP contribution in [0.15, 0.2) is 24.3 Å². The summed E-state index contributed by atoms with van der Waals surface area (Å²) in [5, 5.41) is 12.1. The van der Waals surface area contributed by atoms with Crippen LogP contribution < -0.4 is 10.1 Å². The van der Waals surface area contributed by atoms with E-state index in [9.17, 15) is 14.7 Å². The summed E-state index contributed by atoms with van der Waals surface area (Å²) in [6.45, 7) is 0.388. The molecule has 0 bridgehead atoms. The number of hydrogen-bond acceptors (Lipinski definition) is 3. The number of carboxylic acids is 1.